The second kappa shape index (κ2) is 8.38. The molecule has 5 heterocycles. The van der Waals surface area contributed by atoms with E-state index in [4.69, 9.17) is 13.9 Å². The number of hydrogen-bond donors (Lipinski definition) is 1. The molecule has 3 aliphatic heterocycles. The van der Waals surface area contributed by atoms with Gasteiger partial charge in [-0.25, -0.2) is 4.68 Å². The third kappa shape index (κ3) is 4.02. The number of nitrogens with zero attached hydrogens (tertiary/aromatic N) is 3. The second-order valence-electron chi connectivity index (χ2n) is 10.8. The van der Waals surface area contributed by atoms with Gasteiger partial charge in [-0.15, -0.1) is 0 Å². The zero-order valence-electron chi connectivity index (χ0n) is 20.5. The maximum Gasteiger partial charge on any atom is 0.200 e. The van der Waals surface area contributed by atoms with Crippen molar-refractivity contribution in [3.8, 4) is 17.0 Å². The molecule has 0 aliphatic carbocycles. The Labute approximate surface area is 204 Å². The van der Waals surface area contributed by atoms with E-state index in [0.717, 1.165) is 58.0 Å². The third-order valence-electron chi connectivity index (χ3n) is 7.88. The van der Waals surface area contributed by atoms with Crippen molar-refractivity contribution in [3.63, 3.8) is 0 Å². The van der Waals surface area contributed by atoms with E-state index in [1.165, 1.54) is 0 Å². The third-order valence-corrected chi connectivity index (χ3v) is 7.88. The first kappa shape index (κ1) is 22.6. The molecule has 1 aromatic carbocycles. The first-order chi connectivity index (χ1) is 16.8. The molecule has 1 unspecified atom stereocenters. The minimum absolute atomic E-state index is 0.0505. The molecule has 3 fully saturated rings. The molecule has 1 N–H and O–H groups in total. The maximum absolute atomic E-state index is 13.2. The van der Waals surface area contributed by atoms with Gasteiger partial charge < -0.3 is 23.9 Å². The largest absolute Gasteiger partial charge is 0.507 e. The maximum atomic E-state index is 13.2. The Morgan fingerprint density at radius 2 is 1.91 bits per heavy atom. The molecule has 0 amide bonds. The molecule has 0 bridgehead atoms. The van der Waals surface area contributed by atoms with Crippen LogP contribution in [0.5, 0.6) is 5.75 Å². The Morgan fingerprint density at radius 3 is 2.63 bits per heavy atom. The number of phenols is 1. The fourth-order valence-corrected chi connectivity index (χ4v) is 5.96. The lowest BCUT2D eigenvalue weighted by atomic mass is 9.88. The van der Waals surface area contributed by atoms with E-state index in [-0.39, 0.29) is 28.6 Å². The van der Waals surface area contributed by atoms with Gasteiger partial charge in [-0.05, 0) is 77.0 Å². The molecule has 3 saturated heterocycles. The summed E-state index contributed by atoms with van der Waals surface area (Å²) in [5, 5.41) is 15.8. The molecule has 2 aromatic heterocycles. The minimum Gasteiger partial charge on any atom is -0.507 e. The van der Waals surface area contributed by atoms with Crippen LogP contribution in [0.3, 0.4) is 0 Å². The number of benzene rings is 1. The van der Waals surface area contributed by atoms with E-state index in [1.54, 1.807) is 29.1 Å². The lowest BCUT2D eigenvalue weighted by molar-refractivity contribution is -0.0968. The van der Waals surface area contributed by atoms with Gasteiger partial charge in [0.1, 0.15) is 5.75 Å². The normalized spacial score (nSPS) is 23.8. The molecular weight excluding hydrogens is 446 g/mol. The summed E-state index contributed by atoms with van der Waals surface area (Å²) in [6.45, 7) is 6.52. The summed E-state index contributed by atoms with van der Waals surface area (Å²) in [4.78, 5) is 15.3. The predicted octanol–water partition coefficient (Wildman–Crippen LogP) is 4.99. The summed E-state index contributed by atoms with van der Waals surface area (Å²) >= 11 is 0. The van der Waals surface area contributed by atoms with E-state index in [0.29, 0.717) is 34.7 Å². The van der Waals surface area contributed by atoms with E-state index in [9.17, 15) is 9.90 Å². The Kier molecular flexibility index (Phi) is 5.41. The van der Waals surface area contributed by atoms with Gasteiger partial charge in [0.15, 0.2) is 23.1 Å². The van der Waals surface area contributed by atoms with Crippen molar-refractivity contribution in [2.45, 2.75) is 76.2 Å². The molecule has 1 spiro atoms. The molecule has 0 radical (unpaired) electrons. The number of anilines is 1. The predicted molar refractivity (Wildman–Crippen MR) is 133 cm³/mol. The molecule has 186 valence electrons. The van der Waals surface area contributed by atoms with Crippen LogP contribution in [0.25, 0.3) is 22.2 Å². The van der Waals surface area contributed by atoms with Crippen molar-refractivity contribution in [1.29, 1.82) is 0 Å². The average Bonchev–Trinajstić information content (AvgIpc) is 3.44. The first-order valence-electron chi connectivity index (χ1n) is 12.7. The molecule has 0 saturated carbocycles. The standard InChI is InChI=1S/C27H33N3O5/c1-26(2)9-10-27(35-26)11-14-29(15-12-27)23-17-21(32)18-6-7-20(31)24(25(18)34-23)19-8-13-28-30(19)22-5-3-4-16-33-22/h6-8,13,17,22,31H,3-5,9-12,14-16H2,1-2H3. The molecule has 3 aliphatic rings. The quantitative estimate of drug-likeness (QED) is 0.566. The van der Waals surface area contributed by atoms with E-state index < -0.39 is 0 Å². The summed E-state index contributed by atoms with van der Waals surface area (Å²) in [6.07, 6.45) is 8.37. The van der Waals surface area contributed by atoms with Crippen LogP contribution in [0.15, 0.2) is 39.7 Å². The van der Waals surface area contributed by atoms with Gasteiger partial charge in [-0.2, -0.15) is 5.10 Å². The molecule has 8 heteroatoms. The van der Waals surface area contributed by atoms with Crippen LogP contribution in [0.4, 0.5) is 5.88 Å². The highest BCUT2D eigenvalue weighted by Gasteiger charge is 2.46. The number of rotatable bonds is 3. The van der Waals surface area contributed by atoms with E-state index >= 15 is 0 Å². The van der Waals surface area contributed by atoms with Crippen molar-refractivity contribution in [3.05, 3.63) is 40.7 Å². The van der Waals surface area contributed by atoms with Gasteiger partial charge in [0, 0.05) is 32.0 Å². The summed E-state index contributed by atoms with van der Waals surface area (Å²) in [7, 11) is 0. The van der Waals surface area contributed by atoms with Gasteiger partial charge in [-0.1, -0.05) is 0 Å². The zero-order valence-corrected chi connectivity index (χ0v) is 20.5. The first-order valence-corrected chi connectivity index (χ1v) is 12.7. The molecule has 35 heavy (non-hydrogen) atoms. The van der Waals surface area contributed by atoms with E-state index in [1.807, 2.05) is 6.07 Å². The zero-order chi connectivity index (χ0) is 24.2. The lowest BCUT2D eigenvalue weighted by Gasteiger charge is -2.40. The Morgan fingerprint density at radius 1 is 1.09 bits per heavy atom. The highest BCUT2D eigenvalue weighted by atomic mass is 16.5. The molecule has 3 aromatic rings. The minimum atomic E-state index is -0.202. The van der Waals surface area contributed by atoms with Gasteiger partial charge in [0.05, 0.1) is 27.8 Å². The highest BCUT2D eigenvalue weighted by molar-refractivity contribution is 5.95. The van der Waals surface area contributed by atoms with Gasteiger partial charge >= 0.3 is 0 Å². The smallest absolute Gasteiger partial charge is 0.200 e. The molecule has 8 nitrogen and oxygen atoms in total. The molecule has 6 rings (SSSR count). The topological polar surface area (TPSA) is 90.0 Å². The van der Waals surface area contributed by atoms with Crippen LogP contribution >= 0.6 is 0 Å². The number of aromatic hydroxyl groups is 1. The monoisotopic (exact) mass is 479 g/mol. The van der Waals surface area contributed by atoms with Crippen LogP contribution in [0, 0.1) is 0 Å². The summed E-state index contributed by atoms with van der Waals surface area (Å²) in [6, 6.07) is 6.59. The van der Waals surface area contributed by atoms with Crippen molar-refractivity contribution in [2.24, 2.45) is 0 Å². The van der Waals surface area contributed by atoms with Gasteiger partial charge in [-0.3, -0.25) is 4.79 Å². The Hall–Kier alpha value is -2.84. The fraction of sp³-hybridized carbons (Fsp3) is 0.556. The highest BCUT2D eigenvalue weighted by Crippen LogP contribution is 2.45. The van der Waals surface area contributed by atoms with Gasteiger partial charge in [0.25, 0.3) is 0 Å². The summed E-state index contributed by atoms with van der Waals surface area (Å²) < 4.78 is 20.6. The van der Waals surface area contributed by atoms with Crippen molar-refractivity contribution in [2.75, 3.05) is 24.6 Å². The number of fused-ring (bicyclic) bond motifs is 1. The van der Waals surface area contributed by atoms with Crippen molar-refractivity contribution in [1.82, 2.24) is 9.78 Å². The number of piperidine rings is 1. The average molecular weight is 480 g/mol. The van der Waals surface area contributed by atoms with Crippen LogP contribution in [-0.4, -0.2) is 45.8 Å². The Balaban J connectivity index is 1.37. The SMILES string of the molecule is CC1(C)CCC2(CCN(c3cc(=O)c4ccc(O)c(-c5ccnn5C5CCCCO5)c4o3)CC2)O1. The molecular formula is C27H33N3O5. The Bertz CT molecular complexity index is 1300. The molecule has 1 atom stereocenters. The van der Waals surface area contributed by atoms with E-state index in [2.05, 4.69) is 23.8 Å². The number of phenolic OH excluding ortho intramolecular Hbond substituents is 1. The van der Waals surface area contributed by atoms with Crippen molar-refractivity contribution >= 4 is 16.9 Å². The van der Waals surface area contributed by atoms with Crippen LogP contribution in [0.2, 0.25) is 0 Å². The second-order valence-corrected chi connectivity index (χ2v) is 10.8. The number of aromatic nitrogens is 2. The number of hydrogen-bond acceptors (Lipinski definition) is 7. The van der Waals surface area contributed by atoms with Crippen molar-refractivity contribution < 1.29 is 19.0 Å². The number of ether oxygens (including phenoxy) is 2. The lowest BCUT2D eigenvalue weighted by Crippen LogP contribution is -2.45. The van der Waals surface area contributed by atoms with Crippen LogP contribution < -0.4 is 10.3 Å². The van der Waals surface area contributed by atoms with Crippen LogP contribution in [-0.2, 0) is 9.47 Å². The summed E-state index contributed by atoms with van der Waals surface area (Å²) in [5.74, 6) is 0.580. The summed E-state index contributed by atoms with van der Waals surface area (Å²) in [5.41, 5.74) is 1.26. The van der Waals surface area contributed by atoms with Gasteiger partial charge in [0.2, 0.25) is 0 Å². The van der Waals surface area contributed by atoms with Crippen LogP contribution in [0.1, 0.15) is 65.0 Å². The fourth-order valence-electron chi connectivity index (χ4n) is 5.96.